The molecule has 1 saturated carbocycles. The molecule has 1 aliphatic carbocycles. The highest BCUT2D eigenvalue weighted by atomic mass is 14.7. The molecule has 0 radical (unpaired) electrons. The number of aliphatic imine (C=N–C) groups is 1. The molecule has 0 bridgehead atoms. The van der Waals surface area contributed by atoms with Gasteiger partial charge in [0, 0.05) is 11.9 Å². The smallest absolute Gasteiger partial charge is 0.0363 e. The van der Waals surface area contributed by atoms with Crippen LogP contribution in [0, 0.1) is 5.92 Å². The Morgan fingerprint density at radius 2 is 2.42 bits per heavy atom. The van der Waals surface area contributed by atoms with Gasteiger partial charge < -0.3 is 0 Å². The van der Waals surface area contributed by atoms with E-state index in [1.165, 1.54) is 25.0 Å². The van der Waals surface area contributed by atoms with Gasteiger partial charge in [0.1, 0.15) is 0 Å². The van der Waals surface area contributed by atoms with Crippen LogP contribution in [0.25, 0.3) is 0 Å². The third-order valence-corrected chi connectivity index (χ3v) is 2.61. The summed E-state index contributed by atoms with van der Waals surface area (Å²) in [6.07, 6.45) is 7.03. The minimum atomic E-state index is 0.777. The number of hydrogen-bond donors (Lipinski definition) is 0. The maximum absolute atomic E-state index is 4.43. The Labute approximate surface area is 75.6 Å². The fraction of sp³-hybridized carbons (Fsp3) is 0.727. The number of nitrogens with zero attached hydrogens (tertiary/aromatic N) is 1. The lowest BCUT2D eigenvalue weighted by Gasteiger charge is -2.06. The molecular formula is C11H19N. The average molecular weight is 165 g/mol. The van der Waals surface area contributed by atoms with Gasteiger partial charge in [-0.2, -0.15) is 0 Å². The topological polar surface area (TPSA) is 12.4 Å². The van der Waals surface area contributed by atoms with Crippen LogP contribution in [-0.4, -0.2) is 6.21 Å². The predicted octanol–water partition coefficient (Wildman–Crippen LogP) is 3.56. The Bertz CT molecular complexity index is 201. The Morgan fingerprint density at radius 3 is 2.92 bits per heavy atom. The van der Waals surface area contributed by atoms with Crippen LogP contribution in [0.4, 0.5) is 0 Å². The van der Waals surface area contributed by atoms with Gasteiger partial charge >= 0.3 is 0 Å². The van der Waals surface area contributed by atoms with Crippen molar-refractivity contribution < 1.29 is 0 Å². The summed E-state index contributed by atoms with van der Waals surface area (Å²) < 4.78 is 0. The summed E-state index contributed by atoms with van der Waals surface area (Å²) in [6, 6.07) is 0. The van der Waals surface area contributed by atoms with Crippen molar-refractivity contribution in [1.29, 1.82) is 0 Å². The summed E-state index contributed by atoms with van der Waals surface area (Å²) >= 11 is 0. The first-order chi connectivity index (χ1) is 5.75. The van der Waals surface area contributed by atoms with Crippen molar-refractivity contribution >= 4 is 6.21 Å². The van der Waals surface area contributed by atoms with E-state index in [0.29, 0.717) is 0 Å². The van der Waals surface area contributed by atoms with Gasteiger partial charge in [-0.15, -0.1) is 0 Å². The second-order valence-electron chi connectivity index (χ2n) is 3.62. The van der Waals surface area contributed by atoms with Gasteiger partial charge in [0.05, 0.1) is 0 Å². The standard InChI is InChI=1S/C11H19N/c1-4-8-12-10(3)11-7-5-6-9(11)2/h8-9H,4-7H2,1-3H3/b11-10+,12-8?. The van der Waals surface area contributed by atoms with E-state index >= 15 is 0 Å². The third-order valence-electron chi connectivity index (χ3n) is 2.61. The van der Waals surface area contributed by atoms with Gasteiger partial charge in [-0.3, -0.25) is 4.99 Å². The molecule has 1 aliphatic rings. The van der Waals surface area contributed by atoms with Crippen molar-refractivity contribution in [3.05, 3.63) is 11.3 Å². The van der Waals surface area contributed by atoms with Gasteiger partial charge in [0.25, 0.3) is 0 Å². The van der Waals surface area contributed by atoms with Crippen molar-refractivity contribution in [2.24, 2.45) is 10.9 Å². The van der Waals surface area contributed by atoms with Crippen LogP contribution in [0.2, 0.25) is 0 Å². The lowest BCUT2D eigenvalue weighted by Crippen LogP contribution is -1.91. The molecule has 1 atom stereocenters. The lowest BCUT2D eigenvalue weighted by atomic mass is 10.0. The lowest BCUT2D eigenvalue weighted by molar-refractivity contribution is 0.691. The van der Waals surface area contributed by atoms with Gasteiger partial charge in [0.2, 0.25) is 0 Å². The highest BCUT2D eigenvalue weighted by molar-refractivity contribution is 5.58. The van der Waals surface area contributed by atoms with E-state index in [2.05, 4.69) is 25.8 Å². The van der Waals surface area contributed by atoms with Crippen LogP contribution < -0.4 is 0 Å². The summed E-state index contributed by atoms with van der Waals surface area (Å²) in [4.78, 5) is 4.43. The highest BCUT2D eigenvalue weighted by Gasteiger charge is 2.17. The second kappa shape index (κ2) is 4.44. The maximum atomic E-state index is 4.43. The fourth-order valence-corrected chi connectivity index (χ4v) is 1.87. The van der Waals surface area contributed by atoms with E-state index in [-0.39, 0.29) is 0 Å². The molecule has 0 N–H and O–H groups in total. The Morgan fingerprint density at radius 1 is 1.67 bits per heavy atom. The van der Waals surface area contributed by atoms with Crippen molar-refractivity contribution in [3.63, 3.8) is 0 Å². The molecule has 1 unspecified atom stereocenters. The minimum Gasteiger partial charge on any atom is -0.266 e. The number of rotatable bonds is 2. The van der Waals surface area contributed by atoms with Gasteiger partial charge in [-0.1, -0.05) is 13.8 Å². The molecule has 1 rings (SSSR count). The Hall–Kier alpha value is -0.590. The summed E-state index contributed by atoms with van der Waals surface area (Å²) in [5.74, 6) is 0.777. The Kier molecular flexibility index (Phi) is 3.51. The largest absolute Gasteiger partial charge is 0.266 e. The maximum Gasteiger partial charge on any atom is 0.0363 e. The van der Waals surface area contributed by atoms with Crippen LogP contribution in [0.5, 0.6) is 0 Å². The summed E-state index contributed by atoms with van der Waals surface area (Å²) in [7, 11) is 0. The van der Waals surface area contributed by atoms with Crippen LogP contribution in [0.3, 0.4) is 0 Å². The van der Waals surface area contributed by atoms with E-state index in [0.717, 1.165) is 12.3 Å². The monoisotopic (exact) mass is 165 g/mol. The molecule has 0 heterocycles. The molecule has 0 amide bonds. The van der Waals surface area contributed by atoms with Crippen LogP contribution in [0.1, 0.15) is 46.5 Å². The molecule has 1 fully saturated rings. The zero-order valence-electron chi connectivity index (χ0n) is 8.43. The summed E-state index contributed by atoms with van der Waals surface area (Å²) in [5.41, 5.74) is 2.85. The van der Waals surface area contributed by atoms with Gasteiger partial charge in [-0.25, -0.2) is 0 Å². The first-order valence-corrected chi connectivity index (χ1v) is 4.97. The fourth-order valence-electron chi connectivity index (χ4n) is 1.87. The van der Waals surface area contributed by atoms with Crippen molar-refractivity contribution in [3.8, 4) is 0 Å². The first-order valence-electron chi connectivity index (χ1n) is 4.97. The van der Waals surface area contributed by atoms with E-state index in [9.17, 15) is 0 Å². The third kappa shape index (κ3) is 2.20. The van der Waals surface area contributed by atoms with Crippen molar-refractivity contribution in [2.45, 2.75) is 46.5 Å². The van der Waals surface area contributed by atoms with Gasteiger partial charge in [0.15, 0.2) is 0 Å². The average Bonchev–Trinajstić information content (AvgIpc) is 2.47. The second-order valence-corrected chi connectivity index (χ2v) is 3.62. The molecular weight excluding hydrogens is 146 g/mol. The predicted molar refractivity (Wildman–Crippen MR) is 54.5 cm³/mol. The zero-order chi connectivity index (χ0) is 8.97. The summed E-state index contributed by atoms with van der Waals surface area (Å²) in [5, 5.41) is 0. The van der Waals surface area contributed by atoms with Gasteiger partial charge in [-0.05, 0) is 44.1 Å². The molecule has 0 spiro atoms. The Balaban J connectivity index is 2.68. The molecule has 0 aromatic carbocycles. The van der Waals surface area contributed by atoms with Crippen LogP contribution in [0.15, 0.2) is 16.3 Å². The van der Waals surface area contributed by atoms with E-state index < -0.39 is 0 Å². The molecule has 0 aliphatic heterocycles. The molecule has 0 saturated heterocycles. The SMILES string of the molecule is CCC=N/C(C)=C1\CCCC1C. The molecule has 0 aromatic rings. The molecule has 0 aromatic heterocycles. The molecule has 1 nitrogen and oxygen atoms in total. The molecule has 12 heavy (non-hydrogen) atoms. The van der Waals surface area contributed by atoms with Crippen molar-refractivity contribution in [2.75, 3.05) is 0 Å². The molecule has 1 heteroatoms. The zero-order valence-corrected chi connectivity index (χ0v) is 8.43. The summed E-state index contributed by atoms with van der Waals surface area (Å²) in [6.45, 7) is 6.58. The highest BCUT2D eigenvalue weighted by Crippen LogP contribution is 2.32. The number of hydrogen-bond acceptors (Lipinski definition) is 1. The quantitative estimate of drug-likeness (QED) is 0.555. The van der Waals surface area contributed by atoms with Crippen LogP contribution in [-0.2, 0) is 0 Å². The first kappa shape index (κ1) is 9.50. The normalized spacial score (nSPS) is 28.4. The minimum absolute atomic E-state index is 0.777. The molecule has 68 valence electrons. The van der Waals surface area contributed by atoms with Crippen molar-refractivity contribution in [1.82, 2.24) is 0 Å². The van der Waals surface area contributed by atoms with Crippen LogP contribution >= 0.6 is 0 Å². The van der Waals surface area contributed by atoms with E-state index in [1.54, 1.807) is 5.57 Å². The van der Waals surface area contributed by atoms with E-state index in [4.69, 9.17) is 0 Å². The van der Waals surface area contributed by atoms with E-state index in [1.807, 2.05) is 6.21 Å². The number of allylic oxidation sites excluding steroid dienone is 2.